The van der Waals surface area contributed by atoms with E-state index >= 15 is 0 Å². The number of aromatic nitrogens is 2. The topological polar surface area (TPSA) is 21.1 Å². The number of hydrogen-bond acceptors (Lipinski definition) is 2. The number of piperidine rings is 3. The Morgan fingerprint density at radius 3 is 2.53 bits per heavy atom. The second-order valence-corrected chi connectivity index (χ2v) is 5.78. The van der Waals surface area contributed by atoms with Crippen molar-refractivity contribution in [3.05, 3.63) is 42.9 Å². The Morgan fingerprint density at radius 2 is 1.84 bits per heavy atom. The second-order valence-electron chi connectivity index (χ2n) is 5.78. The van der Waals surface area contributed by atoms with Gasteiger partial charge in [0.05, 0.1) is 18.1 Å². The molecule has 0 aliphatic carbocycles. The van der Waals surface area contributed by atoms with Crippen LogP contribution in [0.4, 0.5) is 0 Å². The average molecular weight is 253 g/mol. The van der Waals surface area contributed by atoms with Gasteiger partial charge in [0.15, 0.2) is 0 Å². The average Bonchev–Trinajstić information content (AvgIpc) is 2.99. The van der Waals surface area contributed by atoms with E-state index < -0.39 is 0 Å². The number of benzene rings is 1. The van der Waals surface area contributed by atoms with Gasteiger partial charge < -0.3 is 9.47 Å². The van der Waals surface area contributed by atoms with E-state index in [1.54, 1.807) is 0 Å². The summed E-state index contributed by atoms with van der Waals surface area (Å²) in [7, 11) is 0. The molecule has 98 valence electrons. The lowest BCUT2D eigenvalue weighted by Crippen LogP contribution is -2.47. The Bertz CT molecular complexity index is 552. The van der Waals surface area contributed by atoms with Gasteiger partial charge in [0.25, 0.3) is 0 Å². The largest absolute Gasteiger partial charge is 0.332 e. The van der Waals surface area contributed by atoms with Crippen LogP contribution in [0.2, 0.25) is 0 Å². The van der Waals surface area contributed by atoms with Gasteiger partial charge >= 0.3 is 0 Å². The smallest absolute Gasteiger partial charge is 0.0956 e. The van der Waals surface area contributed by atoms with E-state index in [1.807, 2.05) is 12.4 Å². The first kappa shape index (κ1) is 11.2. The van der Waals surface area contributed by atoms with Crippen LogP contribution in [-0.2, 0) is 0 Å². The van der Waals surface area contributed by atoms with Gasteiger partial charge in [-0.3, -0.25) is 0 Å². The third kappa shape index (κ3) is 1.98. The van der Waals surface area contributed by atoms with Crippen LogP contribution in [0.25, 0.3) is 11.3 Å². The first-order chi connectivity index (χ1) is 9.40. The molecule has 3 fully saturated rings. The molecule has 2 bridgehead atoms. The molecule has 0 spiro atoms. The van der Waals surface area contributed by atoms with Crippen molar-refractivity contribution in [2.24, 2.45) is 5.92 Å². The molecular formula is C16H19N3. The van der Waals surface area contributed by atoms with E-state index in [0.717, 1.165) is 11.6 Å². The molecule has 2 aromatic rings. The molecule has 3 nitrogen and oxygen atoms in total. The summed E-state index contributed by atoms with van der Waals surface area (Å²) in [6, 6.07) is 11.1. The molecule has 1 unspecified atom stereocenters. The van der Waals surface area contributed by atoms with Crippen LogP contribution in [0, 0.1) is 5.92 Å². The number of hydrogen-bond donors (Lipinski definition) is 0. The van der Waals surface area contributed by atoms with Crippen molar-refractivity contribution in [2.45, 2.75) is 18.9 Å². The lowest BCUT2D eigenvalue weighted by atomic mass is 9.84. The van der Waals surface area contributed by atoms with E-state index in [-0.39, 0.29) is 0 Å². The van der Waals surface area contributed by atoms with Crippen LogP contribution >= 0.6 is 0 Å². The summed E-state index contributed by atoms with van der Waals surface area (Å²) < 4.78 is 2.35. The zero-order valence-corrected chi connectivity index (χ0v) is 11.1. The highest BCUT2D eigenvalue weighted by Crippen LogP contribution is 2.36. The van der Waals surface area contributed by atoms with Crippen molar-refractivity contribution in [3.63, 3.8) is 0 Å². The molecule has 0 amide bonds. The fraction of sp³-hybridized carbons (Fsp3) is 0.438. The molecule has 3 saturated heterocycles. The number of fused-ring (bicyclic) bond motifs is 3. The van der Waals surface area contributed by atoms with Gasteiger partial charge in [-0.1, -0.05) is 30.3 Å². The zero-order valence-electron chi connectivity index (χ0n) is 11.1. The Labute approximate surface area is 113 Å². The minimum Gasteiger partial charge on any atom is -0.332 e. The maximum atomic E-state index is 4.59. The predicted molar refractivity (Wildman–Crippen MR) is 75.9 cm³/mol. The van der Waals surface area contributed by atoms with Crippen molar-refractivity contribution in [3.8, 4) is 11.3 Å². The Morgan fingerprint density at radius 1 is 1.05 bits per heavy atom. The van der Waals surface area contributed by atoms with Gasteiger partial charge in [-0.2, -0.15) is 0 Å². The lowest BCUT2D eigenvalue weighted by Gasteiger charge is -2.45. The SMILES string of the molecule is c1ccc(-c2cn(C3CN4CCC3CC4)cn2)cc1. The van der Waals surface area contributed by atoms with Gasteiger partial charge in [0, 0.05) is 18.3 Å². The molecule has 1 aromatic carbocycles. The van der Waals surface area contributed by atoms with Crippen LogP contribution in [0.3, 0.4) is 0 Å². The molecule has 5 rings (SSSR count). The maximum Gasteiger partial charge on any atom is 0.0956 e. The van der Waals surface area contributed by atoms with Crippen LogP contribution < -0.4 is 0 Å². The van der Waals surface area contributed by atoms with E-state index in [1.165, 1.54) is 38.0 Å². The molecule has 4 heterocycles. The van der Waals surface area contributed by atoms with Crippen molar-refractivity contribution >= 4 is 0 Å². The van der Waals surface area contributed by atoms with Crippen LogP contribution in [-0.4, -0.2) is 34.1 Å². The third-order valence-electron chi connectivity index (χ3n) is 4.68. The van der Waals surface area contributed by atoms with Crippen LogP contribution in [0.15, 0.2) is 42.9 Å². The van der Waals surface area contributed by atoms with Crippen LogP contribution in [0.1, 0.15) is 18.9 Å². The molecule has 3 heteroatoms. The minimum atomic E-state index is 0.632. The summed E-state index contributed by atoms with van der Waals surface area (Å²) in [4.78, 5) is 7.18. The fourth-order valence-electron chi connectivity index (χ4n) is 3.55. The molecule has 1 aromatic heterocycles. The highest BCUT2D eigenvalue weighted by atomic mass is 15.2. The molecule has 3 aliphatic rings. The van der Waals surface area contributed by atoms with E-state index in [2.05, 4.69) is 44.9 Å². The normalized spacial score (nSPS) is 29.6. The first-order valence-electron chi connectivity index (χ1n) is 7.21. The maximum absolute atomic E-state index is 4.59. The number of imidazole rings is 1. The minimum absolute atomic E-state index is 0.632. The van der Waals surface area contributed by atoms with Crippen molar-refractivity contribution < 1.29 is 0 Å². The van der Waals surface area contributed by atoms with Crippen molar-refractivity contribution in [2.75, 3.05) is 19.6 Å². The highest BCUT2D eigenvalue weighted by molar-refractivity contribution is 5.57. The molecule has 3 aliphatic heterocycles. The van der Waals surface area contributed by atoms with Gasteiger partial charge in [-0.05, 0) is 31.8 Å². The number of nitrogens with zero attached hydrogens (tertiary/aromatic N) is 3. The third-order valence-corrected chi connectivity index (χ3v) is 4.68. The monoisotopic (exact) mass is 253 g/mol. The molecule has 0 radical (unpaired) electrons. The second kappa shape index (κ2) is 4.49. The van der Waals surface area contributed by atoms with Crippen molar-refractivity contribution in [1.29, 1.82) is 0 Å². The Kier molecular flexibility index (Phi) is 2.66. The summed E-state index contributed by atoms with van der Waals surface area (Å²) in [6.45, 7) is 3.79. The Hall–Kier alpha value is -1.61. The molecular weight excluding hydrogens is 234 g/mol. The quantitative estimate of drug-likeness (QED) is 0.820. The summed E-state index contributed by atoms with van der Waals surface area (Å²) in [5.74, 6) is 0.850. The molecule has 1 atom stereocenters. The van der Waals surface area contributed by atoms with E-state index in [9.17, 15) is 0 Å². The standard InChI is InChI=1S/C16H19N3/c1-2-4-13(5-3-1)15-10-19(12-17-15)16-11-18-8-6-14(16)7-9-18/h1-5,10,12,14,16H,6-9,11H2. The number of rotatable bonds is 2. The first-order valence-corrected chi connectivity index (χ1v) is 7.21. The van der Waals surface area contributed by atoms with Gasteiger partial charge in [-0.15, -0.1) is 0 Å². The van der Waals surface area contributed by atoms with Gasteiger partial charge in [0.2, 0.25) is 0 Å². The van der Waals surface area contributed by atoms with Crippen LogP contribution in [0.5, 0.6) is 0 Å². The van der Waals surface area contributed by atoms with Gasteiger partial charge in [0.1, 0.15) is 0 Å². The summed E-state index contributed by atoms with van der Waals surface area (Å²) in [5, 5.41) is 0. The van der Waals surface area contributed by atoms with Gasteiger partial charge in [-0.25, -0.2) is 4.98 Å². The molecule has 0 N–H and O–H groups in total. The molecule has 19 heavy (non-hydrogen) atoms. The summed E-state index contributed by atoms with van der Waals surface area (Å²) in [6.07, 6.45) is 6.95. The zero-order chi connectivity index (χ0) is 12.7. The van der Waals surface area contributed by atoms with E-state index in [0.29, 0.717) is 6.04 Å². The molecule has 0 saturated carbocycles. The fourth-order valence-corrected chi connectivity index (χ4v) is 3.55. The summed E-state index contributed by atoms with van der Waals surface area (Å²) >= 11 is 0. The Balaban J connectivity index is 1.62. The summed E-state index contributed by atoms with van der Waals surface area (Å²) in [5.41, 5.74) is 2.31. The highest BCUT2D eigenvalue weighted by Gasteiger charge is 2.34. The lowest BCUT2D eigenvalue weighted by molar-refractivity contribution is 0.0570. The van der Waals surface area contributed by atoms with Crippen molar-refractivity contribution in [1.82, 2.24) is 14.5 Å². The predicted octanol–water partition coefficient (Wildman–Crippen LogP) is 2.82. The van der Waals surface area contributed by atoms with E-state index in [4.69, 9.17) is 0 Å².